The maximum atomic E-state index is 10.5. The predicted octanol–water partition coefficient (Wildman–Crippen LogP) is 0.630. The first-order valence-corrected chi connectivity index (χ1v) is 4.75. The molecule has 0 aromatic carbocycles. The number of rotatable bonds is 2. The summed E-state index contributed by atoms with van der Waals surface area (Å²) in [5.41, 5.74) is 3.27. The van der Waals surface area contributed by atoms with Gasteiger partial charge in [-0.15, -0.1) is 0 Å². The number of hydrogen-bond acceptors (Lipinski definition) is 2. The number of nitrogens with one attached hydrogen (secondary N) is 1. The summed E-state index contributed by atoms with van der Waals surface area (Å²) < 4.78 is 0. The zero-order chi connectivity index (χ0) is 10.1. The van der Waals surface area contributed by atoms with Crippen LogP contribution in [0.4, 0.5) is 0 Å². The first-order chi connectivity index (χ1) is 6.65. The van der Waals surface area contributed by atoms with Crippen LogP contribution in [0.2, 0.25) is 0 Å². The van der Waals surface area contributed by atoms with Crippen LogP contribution < -0.4 is 0 Å². The van der Waals surface area contributed by atoms with Crippen LogP contribution >= 0.6 is 0 Å². The highest BCUT2D eigenvalue weighted by Crippen LogP contribution is 2.18. The Labute approximate surface area is 82.5 Å². The average molecular weight is 194 g/mol. The lowest BCUT2D eigenvalue weighted by atomic mass is 10.1. The first-order valence-electron chi connectivity index (χ1n) is 4.75. The molecule has 2 heterocycles. The molecule has 0 amide bonds. The molecule has 0 saturated carbocycles. The number of carboxylic acid groups (broad SMARTS) is 1. The molecule has 4 nitrogen and oxygen atoms in total. The summed E-state index contributed by atoms with van der Waals surface area (Å²) in [6, 6.07) is 1.97. The number of nitrogens with zero attached hydrogens (tertiary/aromatic N) is 1. The third kappa shape index (κ3) is 1.80. The highest BCUT2D eigenvalue weighted by molar-refractivity contribution is 5.69. The molecule has 0 atom stereocenters. The van der Waals surface area contributed by atoms with Crippen molar-refractivity contribution in [3.8, 4) is 0 Å². The SMILES string of the molecule is CN1CCc2[nH]c(CC(=O)O)cc2C1. The normalized spacial score (nSPS) is 16.6. The number of fused-ring (bicyclic) bond motifs is 1. The Morgan fingerprint density at radius 1 is 1.71 bits per heavy atom. The van der Waals surface area contributed by atoms with Crippen LogP contribution in [0.3, 0.4) is 0 Å². The molecule has 0 saturated heterocycles. The van der Waals surface area contributed by atoms with Gasteiger partial charge in [0.15, 0.2) is 0 Å². The molecule has 4 heteroatoms. The number of H-pyrrole nitrogens is 1. The molecule has 0 radical (unpaired) electrons. The second-order valence-electron chi connectivity index (χ2n) is 3.86. The van der Waals surface area contributed by atoms with Crippen LogP contribution in [0.1, 0.15) is 17.0 Å². The van der Waals surface area contributed by atoms with E-state index in [1.165, 1.54) is 11.3 Å². The van der Waals surface area contributed by atoms with Crippen molar-refractivity contribution in [1.82, 2.24) is 9.88 Å². The van der Waals surface area contributed by atoms with Gasteiger partial charge in [-0.25, -0.2) is 0 Å². The summed E-state index contributed by atoms with van der Waals surface area (Å²) in [5.74, 6) is -0.781. The molecule has 1 aliphatic rings. The van der Waals surface area contributed by atoms with Gasteiger partial charge in [-0.2, -0.15) is 0 Å². The van der Waals surface area contributed by atoms with Crippen LogP contribution in [0, 0.1) is 0 Å². The number of likely N-dealkylation sites (N-methyl/N-ethyl adjacent to an activating group) is 1. The maximum Gasteiger partial charge on any atom is 0.309 e. The van der Waals surface area contributed by atoms with E-state index in [4.69, 9.17) is 5.11 Å². The highest BCUT2D eigenvalue weighted by Gasteiger charge is 2.16. The summed E-state index contributed by atoms with van der Waals surface area (Å²) in [6.45, 7) is 1.96. The average Bonchev–Trinajstić information content (AvgIpc) is 2.44. The summed E-state index contributed by atoms with van der Waals surface area (Å²) in [4.78, 5) is 15.9. The van der Waals surface area contributed by atoms with Gasteiger partial charge in [0.05, 0.1) is 6.42 Å². The fourth-order valence-corrected chi connectivity index (χ4v) is 1.90. The minimum absolute atomic E-state index is 0.0940. The Morgan fingerprint density at radius 2 is 2.50 bits per heavy atom. The third-order valence-electron chi connectivity index (χ3n) is 2.57. The predicted molar refractivity (Wildman–Crippen MR) is 52.2 cm³/mol. The largest absolute Gasteiger partial charge is 0.481 e. The minimum Gasteiger partial charge on any atom is -0.481 e. The van der Waals surface area contributed by atoms with Gasteiger partial charge in [0, 0.05) is 30.9 Å². The first kappa shape index (κ1) is 9.27. The molecule has 0 unspecified atom stereocenters. The van der Waals surface area contributed by atoms with Gasteiger partial charge in [0.2, 0.25) is 0 Å². The Hall–Kier alpha value is -1.29. The van der Waals surface area contributed by atoms with Crippen LogP contribution in [0.5, 0.6) is 0 Å². The van der Waals surface area contributed by atoms with E-state index in [2.05, 4.69) is 16.9 Å². The van der Waals surface area contributed by atoms with Crippen molar-refractivity contribution < 1.29 is 9.90 Å². The number of aromatic nitrogens is 1. The molecule has 76 valence electrons. The molecule has 0 bridgehead atoms. The highest BCUT2D eigenvalue weighted by atomic mass is 16.4. The van der Waals surface area contributed by atoms with E-state index in [9.17, 15) is 4.79 Å². The van der Waals surface area contributed by atoms with Crippen molar-refractivity contribution in [3.63, 3.8) is 0 Å². The monoisotopic (exact) mass is 194 g/mol. The van der Waals surface area contributed by atoms with Gasteiger partial charge in [0.25, 0.3) is 0 Å². The lowest BCUT2D eigenvalue weighted by molar-refractivity contribution is -0.136. The van der Waals surface area contributed by atoms with E-state index in [1.54, 1.807) is 0 Å². The smallest absolute Gasteiger partial charge is 0.309 e. The second-order valence-corrected chi connectivity index (χ2v) is 3.86. The van der Waals surface area contributed by atoms with Gasteiger partial charge in [0.1, 0.15) is 0 Å². The van der Waals surface area contributed by atoms with Gasteiger partial charge >= 0.3 is 5.97 Å². The van der Waals surface area contributed by atoms with E-state index in [0.717, 1.165) is 25.2 Å². The minimum atomic E-state index is -0.781. The molecule has 2 rings (SSSR count). The summed E-state index contributed by atoms with van der Waals surface area (Å²) >= 11 is 0. The summed E-state index contributed by atoms with van der Waals surface area (Å²) in [5, 5.41) is 8.65. The zero-order valence-electron chi connectivity index (χ0n) is 8.21. The standard InChI is InChI=1S/C10H14N2O2/c1-12-3-2-9-7(6-12)4-8(11-9)5-10(13)14/h4,11H,2-3,5-6H2,1H3,(H,13,14). The Kier molecular flexibility index (Phi) is 2.29. The molecule has 1 aromatic rings. The third-order valence-corrected chi connectivity index (χ3v) is 2.57. The van der Waals surface area contributed by atoms with Crippen LogP contribution in [0.25, 0.3) is 0 Å². The Balaban J connectivity index is 2.19. The van der Waals surface area contributed by atoms with Crippen molar-refractivity contribution in [2.45, 2.75) is 19.4 Å². The molecule has 0 aliphatic carbocycles. The Morgan fingerprint density at radius 3 is 3.21 bits per heavy atom. The van der Waals surface area contributed by atoms with Crippen LogP contribution in [-0.2, 0) is 24.2 Å². The molecule has 1 aliphatic heterocycles. The van der Waals surface area contributed by atoms with E-state index in [1.807, 2.05) is 6.07 Å². The van der Waals surface area contributed by atoms with Gasteiger partial charge in [-0.3, -0.25) is 4.79 Å². The van der Waals surface area contributed by atoms with Crippen LogP contribution in [-0.4, -0.2) is 34.6 Å². The topological polar surface area (TPSA) is 56.3 Å². The van der Waals surface area contributed by atoms with Gasteiger partial charge in [-0.05, 0) is 18.7 Å². The lowest BCUT2D eigenvalue weighted by Crippen LogP contribution is -2.25. The zero-order valence-corrected chi connectivity index (χ0v) is 8.21. The number of hydrogen-bond donors (Lipinski definition) is 2. The second kappa shape index (κ2) is 3.46. The molecule has 2 N–H and O–H groups in total. The summed E-state index contributed by atoms with van der Waals surface area (Å²) in [6.07, 6.45) is 1.09. The molecular weight excluding hydrogens is 180 g/mol. The van der Waals surface area contributed by atoms with Crippen molar-refractivity contribution in [2.75, 3.05) is 13.6 Å². The fraction of sp³-hybridized carbons (Fsp3) is 0.500. The number of aromatic amines is 1. The van der Waals surface area contributed by atoms with Crippen LogP contribution in [0.15, 0.2) is 6.07 Å². The molecular formula is C10H14N2O2. The number of aliphatic carboxylic acids is 1. The van der Waals surface area contributed by atoms with E-state index in [-0.39, 0.29) is 6.42 Å². The fourth-order valence-electron chi connectivity index (χ4n) is 1.90. The lowest BCUT2D eigenvalue weighted by Gasteiger charge is -2.21. The van der Waals surface area contributed by atoms with Crippen molar-refractivity contribution in [2.24, 2.45) is 0 Å². The van der Waals surface area contributed by atoms with Crippen molar-refractivity contribution >= 4 is 5.97 Å². The Bertz CT molecular complexity index is 357. The van der Waals surface area contributed by atoms with E-state index in [0.29, 0.717) is 0 Å². The van der Waals surface area contributed by atoms with Crippen molar-refractivity contribution in [1.29, 1.82) is 0 Å². The summed E-state index contributed by atoms with van der Waals surface area (Å²) in [7, 11) is 2.08. The molecule has 0 spiro atoms. The molecule has 0 fully saturated rings. The number of carboxylic acids is 1. The maximum absolute atomic E-state index is 10.5. The molecule has 1 aromatic heterocycles. The quantitative estimate of drug-likeness (QED) is 0.726. The van der Waals surface area contributed by atoms with Gasteiger partial charge in [-0.1, -0.05) is 0 Å². The molecule has 14 heavy (non-hydrogen) atoms. The van der Waals surface area contributed by atoms with E-state index >= 15 is 0 Å². The number of carbonyl (C=O) groups is 1. The van der Waals surface area contributed by atoms with E-state index < -0.39 is 5.97 Å². The van der Waals surface area contributed by atoms with Crippen molar-refractivity contribution in [3.05, 3.63) is 23.0 Å². The van der Waals surface area contributed by atoms with Gasteiger partial charge < -0.3 is 15.0 Å².